The molecular formula is C22H19N3O2S. The molecule has 0 spiro atoms. The van der Waals surface area contributed by atoms with Gasteiger partial charge in [0.25, 0.3) is 0 Å². The van der Waals surface area contributed by atoms with Crippen LogP contribution in [0.25, 0.3) is 0 Å². The van der Waals surface area contributed by atoms with Crippen LogP contribution < -0.4 is 10.1 Å². The van der Waals surface area contributed by atoms with Crippen LogP contribution in [0.15, 0.2) is 80.7 Å². The average Bonchev–Trinajstić information content (AvgIpc) is 2.72. The molecule has 0 bridgehead atoms. The van der Waals surface area contributed by atoms with Gasteiger partial charge in [0, 0.05) is 9.79 Å². The summed E-state index contributed by atoms with van der Waals surface area (Å²) in [5.74, 6) is 0.503. The fraction of sp³-hybridized carbons (Fsp3) is 0.0909. The predicted molar refractivity (Wildman–Crippen MR) is 115 cm³/mol. The highest BCUT2D eigenvalue weighted by Gasteiger charge is 2.15. The smallest absolute Gasteiger partial charge is 0.160 e. The Bertz CT molecular complexity index is 1090. The van der Waals surface area contributed by atoms with E-state index in [2.05, 4.69) is 45.9 Å². The fourth-order valence-electron chi connectivity index (χ4n) is 2.89. The van der Waals surface area contributed by atoms with E-state index in [1.807, 2.05) is 25.1 Å². The van der Waals surface area contributed by atoms with E-state index in [1.165, 1.54) is 16.9 Å². The van der Waals surface area contributed by atoms with Gasteiger partial charge in [-0.2, -0.15) is 10.2 Å². The Morgan fingerprint density at radius 2 is 1.86 bits per heavy atom. The number of phenolic OH excluding ortho intramolecular Hbond substituents is 1. The summed E-state index contributed by atoms with van der Waals surface area (Å²) in [5.41, 5.74) is 4.74. The number of rotatable bonds is 4. The van der Waals surface area contributed by atoms with Gasteiger partial charge in [-0.05, 0) is 60.5 Å². The molecular weight excluding hydrogens is 370 g/mol. The highest BCUT2D eigenvalue weighted by molar-refractivity contribution is 7.99. The molecule has 2 N–H and O–H groups in total. The summed E-state index contributed by atoms with van der Waals surface area (Å²) in [4.78, 5) is 2.41. The number of ether oxygens (including phenoxy) is 1. The molecule has 0 saturated carbocycles. The molecule has 4 rings (SSSR count). The minimum Gasteiger partial charge on any atom is -0.504 e. The Labute approximate surface area is 167 Å². The number of aromatic hydroxyl groups is 1. The zero-order valence-corrected chi connectivity index (χ0v) is 16.3. The second-order valence-corrected chi connectivity index (χ2v) is 7.38. The summed E-state index contributed by atoms with van der Waals surface area (Å²) < 4.78 is 5.04. The average molecular weight is 389 g/mol. The zero-order chi connectivity index (χ0) is 19.5. The van der Waals surface area contributed by atoms with Crippen molar-refractivity contribution in [3.8, 4) is 11.5 Å². The first-order chi connectivity index (χ1) is 13.6. The molecule has 5 nitrogen and oxygen atoms in total. The minimum absolute atomic E-state index is 0.0747. The predicted octanol–water partition coefficient (Wildman–Crippen LogP) is 5.45. The third-order valence-electron chi connectivity index (χ3n) is 4.39. The van der Waals surface area contributed by atoms with Crippen molar-refractivity contribution in [3.05, 3.63) is 71.8 Å². The maximum atomic E-state index is 9.83. The summed E-state index contributed by atoms with van der Waals surface area (Å²) in [6, 6.07) is 19.6. The normalized spacial score (nSPS) is 13.0. The van der Waals surface area contributed by atoms with Crippen LogP contribution in [0.2, 0.25) is 0 Å². The van der Waals surface area contributed by atoms with Gasteiger partial charge in [0.2, 0.25) is 0 Å². The Morgan fingerprint density at radius 3 is 2.68 bits per heavy atom. The van der Waals surface area contributed by atoms with Gasteiger partial charge >= 0.3 is 0 Å². The van der Waals surface area contributed by atoms with E-state index in [0.717, 1.165) is 28.2 Å². The van der Waals surface area contributed by atoms with E-state index in [4.69, 9.17) is 4.74 Å². The van der Waals surface area contributed by atoms with Crippen molar-refractivity contribution in [3.63, 3.8) is 0 Å². The first kappa shape index (κ1) is 18.1. The first-order valence-corrected chi connectivity index (χ1v) is 9.58. The third kappa shape index (κ3) is 3.73. The van der Waals surface area contributed by atoms with Gasteiger partial charge < -0.3 is 15.2 Å². The summed E-state index contributed by atoms with van der Waals surface area (Å²) >= 11 is 1.76. The van der Waals surface area contributed by atoms with E-state index in [0.29, 0.717) is 5.75 Å². The number of methoxy groups -OCH3 is 1. The molecule has 28 heavy (non-hydrogen) atoms. The Hall–Kier alpha value is -3.25. The van der Waals surface area contributed by atoms with Gasteiger partial charge in [0.1, 0.15) is 0 Å². The molecule has 0 saturated heterocycles. The molecule has 0 fully saturated rings. The third-order valence-corrected chi connectivity index (χ3v) is 5.54. The van der Waals surface area contributed by atoms with Gasteiger partial charge in [-0.1, -0.05) is 30.0 Å². The monoisotopic (exact) mass is 389 g/mol. The van der Waals surface area contributed by atoms with Crippen LogP contribution in [0, 0.1) is 0 Å². The van der Waals surface area contributed by atoms with Crippen LogP contribution >= 0.6 is 11.8 Å². The summed E-state index contributed by atoms with van der Waals surface area (Å²) in [6.45, 7) is 1.93. The highest BCUT2D eigenvalue weighted by atomic mass is 32.2. The molecule has 0 atom stereocenters. The lowest BCUT2D eigenvalue weighted by Crippen LogP contribution is -2.02. The maximum Gasteiger partial charge on any atom is 0.160 e. The second-order valence-electron chi connectivity index (χ2n) is 6.30. The lowest BCUT2D eigenvalue weighted by molar-refractivity contribution is 0.373. The molecule has 3 aromatic carbocycles. The number of fused-ring (bicyclic) bond motifs is 2. The molecule has 0 radical (unpaired) electrons. The lowest BCUT2D eigenvalue weighted by atomic mass is 10.1. The number of phenols is 1. The largest absolute Gasteiger partial charge is 0.504 e. The molecule has 6 heteroatoms. The molecule has 0 amide bonds. The maximum absolute atomic E-state index is 9.83. The van der Waals surface area contributed by atoms with E-state index in [-0.39, 0.29) is 5.75 Å². The van der Waals surface area contributed by atoms with Crippen LogP contribution in [-0.4, -0.2) is 24.1 Å². The van der Waals surface area contributed by atoms with Crippen LogP contribution in [0.1, 0.15) is 18.1 Å². The molecule has 1 aliphatic rings. The highest BCUT2D eigenvalue weighted by Crippen LogP contribution is 2.44. The van der Waals surface area contributed by atoms with Crippen molar-refractivity contribution in [2.75, 3.05) is 12.4 Å². The van der Waals surface area contributed by atoms with Gasteiger partial charge in [-0.15, -0.1) is 0 Å². The second kappa shape index (κ2) is 7.78. The summed E-state index contributed by atoms with van der Waals surface area (Å²) in [5, 5.41) is 21.8. The number of para-hydroxylation sites is 1. The summed E-state index contributed by atoms with van der Waals surface area (Å²) in [6.07, 6.45) is 1.60. The van der Waals surface area contributed by atoms with Crippen molar-refractivity contribution in [2.24, 2.45) is 10.2 Å². The number of nitrogens with zero attached hydrogens (tertiary/aromatic N) is 2. The van der Waals surface area contributed by atoms with Gasteiger partial charge in [0.15, 0.2) is 11.5 Å². The van der Waals surface area contributed by atoms with E-state index < -0.39 is 0 Å². The number of benzene rings is 3. The number of hydrogen-bond acceptors (Lipinski definition) is 6. The van der Waals surface area contributed by atoms with Crippen molar-refractivity contribution >= 4 is 35.1 Å². The van der Waals surface area contributed by atoms with Crippen LogP contribution in [0.4, 0.5) is 11.4 Å². The summed E-state index contributed by atoms with van der Waals surface area (Å²) in [7, 11) is 1.51. The molecule has 3 aromatic rings. The zero-order valence-electron chi connectivity index (χ0n) is 15.5. The Kier molecular flexibility index (Phi) is 5.04. The Balaban J connectivity index is 1.52. The van der Waals surface area contributed by atoms with Crippen molar-refractivity contribution in [1.82, 2.24) is 0 Å². The van der Waals surface area contributed by atoms with Crippen LogP contribution in [0.3, 0.4) is 0 Å². The van der Waals surface area contributed by atoms with Gasteiger partial charge in [0.05, 0.1) is 30.4 Å². The van der Waals surface area contributed by atoms with Gasteiger partial charge in [-0.3, -0.25) is 0 Å². The van der Waals surface area contributed by atoms with Crippen molar-refractivity contribution in [2.45, 2.75) is 16.7 Å². The lowest BCUT2D eigenvalue weighted by Gasteiger charge is -2.21. The topological polar surface area (TPSA) is 66.2 Å². The standard InChI is InChI=1S/C22H19N3O2S/c1-14(25-23-13-15-7-9-20(27-2)19(26)11-15)16-8-10-22-18(12-16)24-17-5-3-4-6-21(17)28-22/h3-13,24,26H,1-2H3/b23-13+,25-14+. The Morgan fingerprint density at radius 1 is 1.04 bits per heavy atom. The molecule has 1 aliphatic heterocycles. The molecule has 0 aromatic heterocycles. The van der Waals surface area contributed by atoms with E-state index in [9.17, 15) is 5.11 Å². The SMILES string of the molecule is COc1ccc(/C=N/N=C(\C)c2ccc3c(c2)Nc2ccccc2S3)cc1O. The fourth-order valence-corrected chi connectivity index (χ4v) is 3.86. The number of anilines is 2. The molecule has 140 valence electrons. The van der Waals surface area contributed by atoms with Crippen molar-refractivity contribution < 1.29 is 9.84 Å². The molecule has 0 unspecified atom stereocenters. The minimum atomic E-state index is 0.0747. The quantitative estimate of drug-likeness (QED) is 0.360. The van der Waals surface area contributed by atoms with Gasteiger partial charge in [-0.25, -0.2) is 0 Å². The number of nitrogens with one attached hydrogen (secondary N) is 1. The first-order valence-electron chi connectivity index (χ1n) is 8.77. The molecule has 0 aliphatic carbocycles. The van der Waals surface area contributed by atoms with Crippen LogP contribution in [-0.2, 0) is 0 Å². The number of hydrogen-bond donors (Lipinski definition) is 2. The van der Waals surface area contributed by atoms with Crippen molar-refractivity contribution in [1.29, 1.82) is 0 Å². The van der Waals surface area contributed by atoms with Crippen LogP contribution in [0.5, 0.6) is 11.5 Å². The van der Waals surface area contributed by atoms with E-state index >= 15 is 0 Å². The molecule has 1 heterocycles. The van der Waals surface area contributed by atoms with E-state index in [1.54, 1.807) is 30.1 Å².